The predicted molar refractivity (Wildman–Crippen MR) is 114 cm³/mol. The van der Waals surface area contributed by atoms with Crippen LogP contribution >= 0.6 is 0 Å². The molecule has 0 bridgehead atoms. The lowest BCUT2D eigenvalue weighted by Crippen LogP contribution is -2.29. The highest BCUT2D eigenvalue weighted by molar-refractivity contribution is 5.92. The smallest absolute Gasteiger partial charge is 0.262 e. The summed E-state index contributed by atoms with van der Waals surface area (Å²) in [6.07, 6.45) is 1.64. The molecule has 0 spiro atoms. The van der Waals surface area contributed by atoms with E-state index in [-0.39, 0.29) is 30.9 Å². The minimum Gasteiger partial charge on any atom is -0.490 e. The second kappa shape index (κ2) is 8.86. The summed E-state index contributed by atoms with van der Waals surface area (Å²) < 4.78 is 13.1. The molecule has 1 aliphatic rings. The summed E-state index contributed by atoms with van der Waals surface area (Å²) in [6, 6.07) is 12.6. The van der Waals surface area contributed by atoms with E-state index in [1.165, 1.54) is 6.33 Å². The van der Waals surface area contributed by atoms with Gasteiger partial charge in [0.25, 0.3) is 5.91 Å². The Morgan fingerprint density at radius 3 is 2.77 bits per heavy atom. The van der Waals surface area contributed by atoms with E-state index < -0.39 is 0 Å². The van der Waals surface area contributed by atoms with E-state index in [0.717, 1.165) is 11.1 Å². The molecule has 0 saturated heterocycles. The molecule has 0 saturated carbocycles. The van der Waals surface area contributed by atoms with Gasteiger partial charge in [0.05, 0.1) is 19.1 Å². The number of rotatable bonds is 7. The van der Waals surface area contributed by atoms with E-state index in [0.29, 0.717) is 29.7 Å². The summed E-state index contributed by atoms with van der Waals surface area (Å²) >= 11 is 0. The first kappa shape index (κ1) is 20.4. The van der Waals surface area contributed by atoms with E-state index in [1.807, 2.05) is 50.2 Å². The minimum absolute atomic E-state index is 0.128. The molecule has 2 heterocycles. The highest BCUT2D eigenvalue weighted by Crippen LogP contribution is 2.35. The SMILES string of the molecule is CCOc1cc([C@H]2CC(=O)Nc3ncnn32)ccc1OCC(=O)Nc1ccc(C)cc1. The molecular formula is C22H23N5O4. The van der Waals surface area contributed by atoms with Crippen molar-refractivity contribution in [3.05, 3.63) is 59.9 Å². The Morgan fingerprint density at radius 2 is 2.00 bits per heavy atom. The third-order valence-corrected chi connectivity index (χ3v) is 4.84. The number of fused-ring (bicyclic) bond motifs is 1. The molecule has 0 fully saturated rings. The predicted octanol–water partition coefficient (Wildman–Crippen LogP) is 2.93. The number of carbonyl (C=O) groups is 2. The van der Waals surface area contributed by atoms with E-state index in [2.05, 4.69) is 20.7 Å². The van der Waals surface area contributed by atoms with Gasteiger partial charge < -0.3 is 14.8 Å². The van der Waals surface area contributed by atoms with E-state index >= 15 is 0 Å². The maximum atomic E-state index is 12.3. The van der Waals surface area contributed by atoms with Gasteiger partial charge in [-0.25, -0.2) is 4.68 Å². The van der Waals surface area contributed by atoms with Crippen LogP contribution in [0.3, 0.4) is 0 Å². The molecule has 1 aliphatic heterocycles. The van der Waals surface area contributed by atoms with Crippen molar-refractivity contribution in [3.8, 4) is 11.5 Å². The Balaban J connectivity index is 1.48. The summed E-state index contributed by atoms with van der Waals surface area (Å²) in [7, 11) is 0. The van der Waals surface area contributed by atoms with E-state index in [9.17, 15) is 9.59 Å². The Hall–Kier alpha value is -3.88. The number of amides is 2. The molecule has 2 aromatic carbocycles. The molecular weight excluding hydrogens is 398 g/mol. The number of carbonyl (C=O) groups excluding carboxylic acids is 2. The number of aromatic nitrogens is 3. The normalized spacial score (nSPS) is 15.0. The average Bonchev–Trinajstić information content (AvgIpc) is 3.22. The monoisotopic (exact) mass is 421 g/mol. The minimum atomic E-state index is -0.302. The van der Waals surface area contributed by atoms with E-state index in [1.54, 1.807) is 10.7 Å². The molecule has 9 heteroatoms. The number of anilines is 2. The van der Waals surface area contributed by atoms with Crippen LogP contribution in [0.4, 0.5) is 11.6 Å². The van der Waals surface area contributed by atoms with Gasteiger partial charge in [0.15, 0.2) is 18.1 Å². The van der Waals surface area contributed by atoms with Gasteiger partial charge in [-0.3, -0.25) is 14.9 Å². The molecule has 1 atom stereocenters. The standard InChI is InChI=1S/C22H23N5O4/c1-3-30-19-10-15(17-11-20(28)26-22-23-13-24-27(17)22)6-9-18(19)31-12-21(29)25-16-7-4-14(2)5-8-16/h4-10,13,17H,3,11-12H2,1-2H3,(H,25,29)(H,23,24,26,28)/t17-/m1/s1. The Bertz CT molecular complexity index is 1090. The highest BCUT2D eigenvalue weighted by atomic mass is 16.5. The van der Waals surface area contributed by atoms with Gasteiger partial charge in [0.2, 0.25) is 11.9 Å². The number of benzene rings is 2. The van der Waals surface area contributed by atoms with Crippen LogP contribution in [0.15, 0.2) is 48.8 Å². The number of hydrogen-bond acceptors (Lipinski definition) is 6. The van der Waals surface area contributed by atoms with Gasteiger partial charge in [-0.05, 0) is 43.7 Å². The van der Waals surface area contributed by atoms with Crippen molar-refractivity contribution in [1.82, 2.24) is 14.8 Å². The molecule has 0 unspecified atom stereocenters. The first-order valence-electron chi connectivity index (χ1n) is 9.99. The van der Waals surface area contributed by atoms with Crippen molar-refractivity contribution >= 4 is 23.5 Å². The fourth-order valence-electron chi connectivity index (χ4n) is 3.36. The highest BCUT2D eigenvalue weighted by Gasteiger charge is 2.28. The zero-order valence-electron chi connectivity index (χ0n) is 17.3. The Labute approximate surface area is 179 Å². The summed E-state index contributed by atoms with van der Waals surface area (Å²) in [5, 5.41) is 9.71. The summed E-state index contributed by atoms with van der Waals surface area (Å²) in [5.41, 5.74) is 2.66. The zero-order chi connectivity index (χ0) is 21.8. The molecule has 31 heavy (non-hydrogen) atoms. The fraction of sp³-hybridized carbons (Fsp3) is 0.273. The molecule has 3 aromatic rings. The molecule has 9 nitrogen and oxygen atoms in total. The van der Waals surface area contributed by atoms with Crippen LogP contribution in [0, 0.1) is 6.92 Å². The quantitative estimate of drug-likeness (QED) is 0.607. The molecule has 0 aliphatic carbocycles. The van der Waals surface area contributed by atoms with E-state index in [4.69, 9.17) is 9.47 Å². The van der Waals surface area contributed by atoms with Crippen LogP contribution in [-0.4, -0.2) is 39.8 Å². The molecule has 160 valence electrons. The lowest BCUT2D eigenvalue weighted by molar-refractivity contribution is -0.118. The zero-order valence-corrected chi connectivity index (χ0v) is 17.3. The van der Waals surface area contributed by atoms with Crippen LogP contribution in [0.5, 0.6) is 11.5 Å². The van der Waals surface area contributed by atoms with Gasteiger partial charge in [-0.15, -0.1) is 0 Å². The van der Waals surface area contributed by atoms with Gasteiger partial charge >= 0.3 is 0 Å². The number of ether oxygens (including phenoxy) is 2. The van der Waals surface area contributed by atoms with Crippen molar-refractivity contribution in [2.75, 3.05) is 23.8 Å². The number of hydrogen-bond donors (Lipinski definition) is 2. The van der Waals surface area contributed by atoms with Crippen LogP contribution in [-0.2, 0) is 9.59 Å². The maximum absolute atomic E-state index is 12.3. The second-order valence-electron chi connectivity index (χ2n) is 7.14. The fourth-order valence-corrected chi connectivity index (χ4v) is 3.36. The Kier molecular flexibility index (Phi) is 5.83. The summed E-state index contributed by atoms with van der Waals surface area (Å²) in [5.74, 6) is 0.954. The van der Waals surface area contributed by atoms with Crippen molar-refractivity contribution < 1.29 is 19.1 Å². The Morgan fingerprint density at radius 1 is 1.19 bits per heavy atom. The number of aryl methyl sites for hydroxylation is 1. The van der Waals surface area contributed by atoms with Crippen LogP contribution in [0.1, 0.15) is 30.5 Å². The molecule has 4 rings (SSSR count). The largest absolute Gasteiger partial charge is 0.490 e. The lowest BCUT2D eigenvalue weighted by Gasteiger charge is -2.24. The average molecular weight is 421 g/mol. The third kappa shape index (κ3) is 4.66. The van der Waals surface area contributed by atoms with Crippen LogP contribution in [0.25, 0.3) is 0 Å². The summed E-state index contributed by atoms with van der Waals surface area (Å²) in [6.45, 7) is 4.11. The van der Waals surface area contributed by atoms with Crippen molar-refractivity contribution in [2.24, 2.45) is 0 Å². The van der Waals surface area contributed by atoms with Gasteiger partial charge in [-0.1, -0.05) is 23.8 Å². The molecule has 0 radical (unpaired) electrons. The van der Waals surface area contributed by atoms with Crippen molar-refractivity contribution in [1.29, 1.82) is 0 Å². The lowest BCUT2D eigenvalue weighted by atomic mass is 10.0. The first-order chi connectivity index (χ1) is 15.0. The number of nitrogens with zero attached hydrogens (tertiary/aromatic N) is 3. The molecule has 2 amide bonds. The number of nitrogens with one attached hydrogen (secondary N) is 2. The van der Waals surface area contributed by atoms with Gasteiger partial charge in [0, 0.05) is 5.69 Å². The first-order valence-corrected chi connectivity index (χ1v) is 9.99. The second-order valence-corrected chi connectivity index (χ2v) is 7.14. The molecule has 1 aromatic heterocycles. The maximum Gasteiger partial charge on any atom is 0.262 e. The summed E-state index contributed by atoms with van der Waals surface area (Å²) in [4.78, 5) is 28.4. The van der Waals surface area contributed by atoms with Crippen LogP contribution in [0.2, 0.25) is 0 Å². The third-order valence-electron chi connectivity index (χ3n) is 4.84. The van der Waals surface area contributed by atoms with Crippen LogP contribution < -0.4 is 20.1 Å². The molecule has 2 N–H and O–H groups in total. The van der Waals surface area contributed by atoms with Crippen molar-refractivity contribution in [3.63, 3.8) is 0 Å². The van der Waals surface area contributed by atoms with Gasteiger partial charge in [-0.2, -0.15) is 10.1 Å². The van der Waals surface area contributed by atoms with Crippen molar-refractivity contribution in [2.45, 2.75) is 26.3 Å². The topological polar surface area (TPSA) is 107 Å². The van der Waals surface area contributed by atoms with Gasteiger partial charge in [0.1, 0.15) is 6.33 Å².